The molecule has 10 heteroatoms. The van der Waals surface area contributed by atoms with Crippen molar-refractivity contribution in [3.63, 3.8) is 0 Å². The lowest BCUT2D eigenvalue weighted by molar-refractivity contribution is -0.385. The molecule has 0 unspecified atom stereocenters. The van der Waals surface area contributed by atoms with E-state index in [1.54, 1.807) is 6.92 Å². The number of nitrogens with zero attached hydrogens (tertiary/aromatic N) is 1. The Morgan fingerprint density at radius 3 is 2.57 bits per heavy atom. The number of aryl methyl sites for hydroxylation is 1. The van der Waals surface area contributed by atoms with Crippen molar-refractivity contribution in [2.45, 2.75) is 18.7 Å². The molecule has 0 fully saturated rings. The number of nitro groups is 1. The average Bonchev–Trinajstić information content (AvgIpc) is 3.01. The molecule has 0 aliphatic carbocycles. The van der Waals surface area contributed by atoms with Crippen LogP contribution < -0.4 is 10.3 Å². The molecule has 2 N–H and O–H groups in total. The number of rotatable bonds is 5. The minimum Gasteiger partial charge on any atom is -0.459 e. The Balaban J connectivity index is 2.29. The fourth-order valence-corrected chi connectivity index (χ4v) is 3.01. The molecule has 0 spiro atoms. The molecule has 0 radical (unpaired) electrons. The van der Waals surface area contributed by atoms with Gasteiger partial charge >= 0.3 is 5.91 Å². The molecule has 122 valence electrons. The van der Waals surface area contributed by atoms with Gasteiger partial charge in [-0.15, -0.1) is 4.83 Å². The number of carbonyl (C=O) groups excluding carboxylic acids is 1. The first-order chi connectivity index (χ1) is 10.7. The van der Waals surface area contributed by atoms with E-state index >= 15 is 0 Å². The van der Waals surface area contributed by atoms with E-state index in [1.165, 1.54) is 31.4 Å². The number of carbonyl (C=O) groups is 1. The molecule has 1 heterocycles. The lowest BCUT2D eigenvalue weighted by Gasteiger charge is -2.11. The van der Waals surface area contributed by atoms with Crippen LogP contribution in [0.15, 0.2) is 39.8 Å². The van der Waals surface area contributed by atoms with Crippen molar-refractivity contribution < 1.29 is 22.6 Å². The van der Waals surface area contributed by atoms with Crippen LogP contribution in [0.2, 0.25) is 0 Å². The van der Waals surface area contributed by atoms with Gasteiger partial charge in [-0.05, 0) is 37.1 Å². The van der Waals surface area contributed by atoms with Gasteiger partial charge in [0, 0.05) is 12.1 Å². The molecule has 23 heavy (non-hydrogen) atoms. The zero-order chi connectivity index (χ0) is 17.2. The molecule has 1 amide bonds. The summed E-state index contributed by atoms with van der Waals surface area (Å²) in [5.41, 5.74) is 2.41. The number of furan rings is 1. The van der Waals surface area contributed by atoms with Crippen LogP contribution in [0.5, 0.6) is 0 Å². The van der Waals surface area contributed by atoms with E-state index in [0.29, 0.717) is 11.1 Å². The van der Waals surface area contributed by atoms with E-state index in [1.807, 2.05) is 10.3 Å². The van der Waals surface area contributed by atoms with Crippen LogP contribution >= 0.6 is 0 Å². The second kappa shape index (κ2) is 6.18. The number of sulfonamides is 1. The highest BCUT2D eigenvalue weighted by Crippen LogP contribution is 2.24. The number of nitrogens with one attached hydrogen (secondary N) is 2. The molecule has 2 rings (SSSR count). The molecule has 0 saturated carbocycles. The number of nitro benzene ring substituents is 1. The summed E-state index contributed by atoms with van der Waals surface area (Å²) in [6.45, 7) is 3.07. The minimum atomic E-state index is -4.18. The molecule has 2 aromatic rings. The van der Waals surface area contributed by atoms with Crippen molar-refractivity contribution in [3.8, 4) is 0 Å². The van der Waals surface area contributed by atoms with Crippen LogP contribution in [-0.2, 0) is 10.0 Å². The first-order valence-corrected chi connectivity index (χ1v) is 7.82. The number of hydrogen-bond acceptors (Lipinski definition) is 6. The standard InChI is InChI=1S/C13H13N3O6S/c1-8-6-10(16(18)19)7-12(9(8)2)23(20,21)15-14-13(17)11-4-3-5-22-11/h3-7,15H,1-2H3,(H,14,17). The lowest BCUT2D eigenvalue weighted by atomic mass is 10.1. The second-order valence-corrected chi connectivity index (χ2v) is 6.33. The van der Waals surface area contributed by atoms with Gasteiger partial charge in [-0.25, -0.2) is 8.42 Å². The summed E-state index contributed by atoms with van der Waals surface area (Å²) in [4.78, 5) is 23.5. The molecular formula is C13H13N3O6S. The number of hydrazine groups is 1. The van der Waals surface area contributed by atoms with Crippen LogP contribution in [-0.4, -0.2) is 19.2 Å². The van der Waals surface area contributed by atoms with E-state index < -0.39 is 20.9 Å². The molecule has 0 atom stereocenters. The van der Waals surface area contributed by atoms with Gasteiger partial charge in [0.2, 0.25) is 0 Å². The summed E-state index contributed by atoms with van der Waals surface area (Å²) >= 11 is 0. The topological polar surface area (TPSA) is 132 Å². The van der Waals surface area contributed by atoms with E-state index in [2.05, 4.69) is 0 Å². The van der Waals surface area contributed by atoms with Crippen LogP contribution in [0.4, 0.5) is 5.69 Å². The fourth-order valence-electron chi connectivity index (χ4n) is 1.83. The molecule has 0 aliphatic heterocycles. The van der Waals surface area contributed by atoms with Crippen molar-refractivity contribution in [1.82, 2.24) is 10.3 Å². The van der Waals surface area contributed by atoms with Gasteiger partial charge in [-0.2, -0.15) is 0 Å². The second-order valence-electron chi connectivity index (χ2n) is 4.68. The summed E-state index contributed by atoms with van der Waals surface area (Å²) in [5, 5.41) is 10.9. The lowest BCUT2D eigenvalue weighted by Crippen LogP contribution is -2.41. The van der Waals surface area contributed by atoms with Crippen LogP contribution in [0.1, 0.15) is 21.7 Å². The van der Waals surface area contributed by atoms with Crippen molar-refractivity contribution >= 4 is 21.6 Å². The Morgan fingerprint density at radius 2 is 2.00 bits per heavy atom. The minimum absolute atomic E-state index is 0.0837. The molecule has 1 aromatic carbocycles. The molecule has 0 aliphatic rings. The zero-order valence-corrected chi connectivity index (χ0v) is 13.0. The maximum Gasteiger partial charge on any atom is 0.301 e. The van der Waals surface area contributed by atoms with Crippen molar-refractivity contribution in [1.29, 1.82) is 0 Å². The van der Waals surface area contributed by atoms with Gasteiger partial charge in [0.05, 0.1) is 16.1 Å². The van der Waals surface area contributed by atoms with Gasteiger partial charge in [0.25, 0.3) is 15.7 Å². The highest BCUT2D eigenvalue weighted by atomic mass is 32.2. The van der Waals surface area contributed by atoms with E-state index in [-0.39, 0.29) is 16.3 Å². The number of hydrogen-bond donors (Lipinski definition) is 2. The molecule has 0 bridgehead atoms. The third-order valence-electron chi connectivity index (χ3n) is 3.15. The van der Waals surface area contributed by atoms with Gasteiger partial charge < -0.3 is 4.42 Å². The van der Waals surface area contributed by atoms with Gasteiger partial charge in [0.15, 0.2) is 5.76 Å². The normalized spacial score (nSPS) is 11.2. The number of benzene rings is 1. The Bertz CT molecular complexity index is 858. The van der Waals surface area contributed by atoms with Gasteiger partial charge in [0.1, 0.15) is 0 Å². The van der Waals surface area contributed by atoms with Gasteiger partial charge in [-0.3, -0.25) is 20.3 Å². The fraction of sp³-hybridized carbons (Fsp3) is 0.154. The zero-order valence-electron chi connectivity index (χ0n) is 12.2. The largest absolute Gasteiger partial charge is 0.459 e. The molecule has 0 saturated heterocycles. The van der Waals surface area contributed by atoms with Gasteiger partial charge in [-0.1, -0.05) is 0 Å². The smallest absolute Gasteiger partial charge is 0.301 e. The SMILES string of the molecule is Cc1cc([N+](=O)[O-])cc(S(=O)(=O)NNC(=O)c2ccco2)c1C. The summed E-state index contributed by atoms with van der Waals surface area (Å²) in [5.74, 6) is -0.877. The van der Waals surface area contributed by atoms with Crippen LogP contribution in [0, 0.1) is 24.0 Å². The third-order valence-corrected chi connectivity index (χ3v) is 4.52. The summed E-state index contributed by atoms with van der Waals surface area (Å²) in [6.07, 6.45) is 1.26. The van der Waals surface area contributed by atoms with Crippen LogP contribution in [0.25, 0.3) is 0 Å². The van der Waals surface area contributed by atoms with Crippen molar-refractivity contribution in [2.75, 3.05) is 0 Å². The maximum absolute atomic E-state index is 12.3. The average molecular weight is 339 g/mol. The Kier molecular flexibility index (Phi) is 4.48. The Morgan fingerprint density at radius 1 is 1.30 bits per heavy atom. The maximum atomic E-state index is 12.3. The Hall–Kier alpha value is -2.72. The van der Waals surface area contributed by atoms with E-state index in [4.69, 9.17) is 4.42 Å². The quantitative estimate of drug-likeness (QED) is 0.625. The highest BCUT2D eigenvalue weighted by molar-refractivity contribution is 7.89. The predicted octanol–water partition coefficient (Wildman–Crippen LogP) is 1.43. The number of amides is 1. The van der Waals surface area contributed by atoms with Crippen molar-refractivity contribution in [2.24, 2.45) is 0 Å². The molecule has 1 aromatic heterocycles. The van der Waals surface area contributed by atoms with Crippen molar-refractivity contribution in [3.05, 3.63) is 57.5 Å². The summed E-state index contributed by atoms with van der Waals surface area (Å²) < 4.78 is 29.4. The Labute approximate surface area is 131 Å². The summed E-state index contributed by atoms with van der Waals surface area (Å²) in [7, 11) is -4.18. The van der Waals surface area contributed by atoms with Crippen LogP contribution in [0.3, 0.4) is 0 Å². The highest BCUT2D eigenvalue weighted by Gasteiger charge is 2.23. The van der Waals surface area contributed by atoms with E-state index in [0.717, 1.165) is 6.07 Å². The monoisotopic (exact) mass is 339 g/mol. The van der Waals surface area contributed by atoms with E-state index in [9.17, 15) is 23.3 Å². The third kappa shape index (κ3) is 3.55. The molecular weight excluding hydrogens is 326 g/mol. The summed E-state index contributed by atoms with van der Waals surface area (Å²) in [6, 6.07) is 5.03. The first kappa shape index (κ1) is 16.6. The first-order valence-electron chi connectivity index (χ1n) is 6.33. The predicted molar refractivity (Wildman–Crippen MR) is 79.1 cm³/mol. The number of non-ortho nitro benzene ring substituents is 1. The molecule has 9 nitrogen and oxygen atoms in total.